The number of amides is 1. The van der Waals surface area contributed by atoms with Crippen LogP contribution in [0.1, 0.15) is 40.1 Å². The molecule has 210 valence electrons. The van der Waals surface area contributed by atoms with E-state index in [9.17, 15) is 35.8 Å². The molecule has 2 N–H and O–H groups in total. The van der Waals surface area contributed by atoms with Crippen LogP contribution in [0.2, 0.25) is 5.15 Å². The number of alkyl halides is 3. The van der Waals surface area contributed by atoms with E-state index in [1.165, 1.54) is 32.2 Å². The summed E-state index contributed by atoms with van der Waals surface area (Å²) in [5, 5.41) is 2.36. The smallest absolute Gasteiger partial charge is 0.416 e. The Kier molecular flexibility index (Phi) is 7.99. The molecule has 2 unspecified atom stereocenters. The van der Waals surface area contributed by atoms with Crippen LogP contribution in [0.15, 0.2) is 51.7 Å². The lowest BCUT2D eigenvalue weighted by atomic mass is 9.98. The lowest BCUT2D eigenvalue weighted by Crippen LogP contribution is -2.27. The third-order valence-electron chi connectivity index (χ3n) is 5.90. The molecule has 2 aromatic heterocycles. The molecule has 14 heteroatoms. The molecule has 0 aliphatic carbocycles. The van der Waals surface area contributed by atoms with Gasteiger partial charge in [0, 0.05) is 23.4 Å². The molecule has 0 fully saturated rings. The highest BCUT2D eigenvalue weighted by Gasteiger charge is 2.33. The lowest BCUT2D eigenvalue weighted by Gasteiger charge is -2.21. The van der Waals surface area contributed by atoms with Gasteiger partial charge in [-0.3, -0.25) is 14.3 Å². The van der Waals surface area contributed by atoms with Crippen molar-refractivity contribution < 1.29 is 35.4 Å². The van der Waals surface area contributed by atoms with E-state index in [2.05, 4.69) is 15.0 Å². The van der Waals surface area contributed by atoms with Gasteiger partial charge in [0.1, 0.15) is 39.1 Å². The molecule has 0 spiro atoms. The van der Waals surface area contributed by atoms with E-state index in [-0.39, 0.29) is 44.6 Å². The molecule has 4 rings (SSSR count). The number of nitrogens with one attached hydrogen (secondary N) is 2. The second kappa shape index (κ2) is 11.0. The summed E-state index contributed by atoms with van der Waals surface area (Å²) in [5.74, 6) is -3.08. The molecule has 2 aromatic carbocycles. The monoisotopic (exact) mass is 599 g/mol. The average Bonchev–Trinajstić information content (AvgIpc) is 2.86. The van der Waals surface area contributed by atoms with Gasteiger partial charge in [0.15, 0.2) is 11.1 Å². The maximum Gasteiger partial charge on any atom is 0.416 e. The zero-order valence-electron chi connectivity index (χ0n) is 20.9. The minimum absolute atomic E-state index is 0.0182. The first-order valence-electron chi connectivity index (χ1n) is 11.4. The third-order valence-corrected chi connectivity index (χ3v) is 6.59. The van der Waals surface area contributed by atoms with Crippen molar-refractivity contribution in [1.82, 2.24) is 9.71 Å². The van der Waals surface area contributed by atoms with Crippen LogP contribution in [-0.2, 0) is 17.2 Å². The van der Waals surface area contributed by atoms with Crippen LogP contribution in [0.5, 0.6) is 0 Å². The van der Waals surface area contributed by atoms with Crippen molar-refractivity contribution >= 4 is 45.2 Å². The normalized spacial score (nSPS) is 13.2. The van der Waals surface area contributed by atoms with E-state index < -0.39 is 57.1 Å². The first kappa shape index (κ1) is 29.2. The zero-order chi connectivity index (χ0) is 29.5. The molecular weight excluding hydrogens is 581 g/mol. The number of hydrogen-bond acceptors (Lipinski definition) is 6. The maximum absolute atomic E-state index is 14.6. The Balaban J connectivity index is 1.94. The van der Waals surface area contributed by atoms with Gasteiger partial charge in [-0.25, -0.2) is 18.0 Å². The Morgan fingerprint density at radius 2 is 1.82 bits per heavy atom. The van der Waals surface area contributed by atoms with Crippen molar-refractivity contribution in [3.05, 3.63) is 91.9 Å². The van der Waals surface area contributed by atoms with Crippen LogP contribution in [-0.4, -0.2) is 21.4 Å². The number of pyridine rings is 1. The molecule has 0 bridgehead atoms. The number of hydrogen-bond donors (Lipinski definition) is 2. The molecule has 0 saturated carbocycles. The summed E-state index contributed by atoms with van der Waals surface area (Å²) in [6, 6.07) is 5.57. The fraction of sp³-hybridized carbons (Fsp3) is 0.192. The number of nitrogens with zero attached hydrogens (tertiary/aromatic N) is 1. The van der Waals surface area contributed by atoms with E-state index in [0.717, 1.165) is 18.2 Å². The van der Waals surface area contributed by atoms with Crippen LogP contribution in [0.25, 0.3) is 22.3 Å². The van der Waals surface area contributed by atoms with E-state index in [1.807, 2.05) is 0 Å². The number of anilines is 1. The topological polar surface area (TPSA) is 101 Å². The van der Waals surface area contributed by atoms with Crippen molar-refractivity contribution in [3.63, 3.8) is 0 Å². The molecule has 2 heterocycles. The van der Waals surface area contributed by atoms with Crippen molar-refractivity contribution in [3.8, 4) is 11.3 Å². The summed E-state index contributed by atoms with van der Waals surface area (Å²) < 4.78 is 89.2. The predicted octanol–water partition coefficient (Wildman–Crippen LogP) is 6.31. The van der Waals surface area contributed by atoms with Crippen molar-refractivity contribution in [2.75, 3.05) is 11.6 Å². The van der Waals surface area contributed by atoms with Gasteiger partial charge in [0.05, 0.1) is 28.2 Å². The SMILES string of the molecule is Cc1c(-c2ccc(F)cc2F)oc2c(C(C)Nc3ccc(Cl)nc3C(=O)NS(C)=O)cc(C(F)(F)F)cc2c1=O. The van der Waals surface area contributed by atoms with Gasteiger partial charge >= 0.3 is 6.18 Å². The minimum atomic E-state index is -4.84. The van der Waals surface area contributed by atoms with Gasteiger partial charge in [-0.1, -0.05) is 11.6 Å². The Bertz CT molecular complexity index is 1740. The second-order valence-corrected chi connectivity index (χ2v) is 10.2. The summed E-state index contributed by atoms with van der Waals surface area (Å²) in [7, 11) is -1.76. The number of benzene rings is 2. The molecule has 40 heavy (non-hydrogen) atoms. The van der Waals surface area contributed by atoms with Crippen LogP contribution in [0, 0.1) is 18.6 Å². The Morgan fingerprint density at radius 3 is 2.45 bits per heavy atom. The summed E-state index contributed by atoms with van der Waals surface area (Å²) in [6.45, 7) is 2.69. The Morgan fingerprint density at radius 1 is 1.12 bits per heavy atom. The van der Waals surface area contributed by atoms with Crippen LogP contribution < -0.4 is 15.5 Å². The number of fused-ring (bicyclic) bond motifs is 1. The summed E-state index contributed by atoms with van der Waals surface area (Å²) in [6.07, 6.45) is -3.64. The quantitative estimate of drug-likeness (QED) is 0.199. The maximum atomic E-state index is 14.6. The van der Waals surface area contributed by atoms with Gasteiger partial charge < -0.3 is 9.73 Å². The second-order valence-electron chi connectivity index (χ2n) is 8.73. The van der Waals surface area contributed by atoms with Crippen molar-refractivity contribution in [2.24, 2.45) is 0 Å². The van der Waals surface area contributed by atoms with E-state index in [4.69, 9.17) is 16.0 Å². The third kappa shape index (κ3) is 5.85. The highest BCUT2D eigenvalue weighted by Crippen LogP contribution is 2.38. The molecule has 7 nitrogen and oxygen atoms in total. The van der Waals surface area contributed by atoms with E-state index >= 15 is 0 Å². The molecule has 0 aliphatic heterocycles. The van der Waals surface area contributed by atoms with Gasteiger partial charge in [-0.15, -0.1) is 0 Å². The Labute approximate surface area is 231 Å². The number of carbonyl (C=O) groups is 1. The molecule has 0 aliphatic rings. The van der Waals surface area contributed by atoms with E-state index in [0.29, 0.717) is 12.1 Å². The highest BCUT2D eigenvalue weighted by molar-refractivity contribution is 7.82. The summed E-state index contributed by atoms with van der Waals surface area (Å²) in [5.41, 5.74) is -3.17. The summed E-state index contributed by atoms with van der Waals surface area (Å²) >= 11 is 5.91. The molecule has 0 saturated heterocycles. The number of carbonyl (C=O) groups excluding carboxylic acids is 1. The van der Waals surface area contributed by atoms with Crippen LogP contribution >= 0.6 is 11.6 Å². The number of halogens is 6. The van der Waals surface area contributed by atoms with Gasteiger partial charge in [0.25, 0.3) is 5.91 Å². The summed E-state index contributed by atoms with van der Waals surface area (Å²) in [4.78, 5) is 29.7. The number of rotatable bonds is 6. The van der Waals surface area contributed by atoms with Gasteiger partial charge in [0.2, 0.25) is 0 Å². The first-order chi connectivity index (χ1) is 18.7. The zero-order valence-corrected chi connectivity index (χ0v) is 22.4. The first-order valence-corrected chi connectivity index (χ1v) is 13.3. The van der Waals surface area contributed by atoms with Crippen molar-refractivity contribution in [2.45, 2.75) is 26.1 Å². The minimum Gasteiger partial charge on any atom is -0.455 e. The van der Waals surface area contributed by atoms with E-state index in [1.54, 1.807) is 0 Å². The van der Waals surface area contributed by atoms with Gasteiger partial charge in [-0.05, 0) is 50.2 Å². The molecule has 2 atom stereocenters. The van der Waals surface area contributed by atoms with Gasteiger partial charge in [-0.2, -0.15) is 13.2 Å². The molecule has 4 aromatic rings. The highest BCUT2D eigenvalue weighted by atomic mass is 35.5. The largest absolute Gasteiger partial charge is 0.455 e. The standard InChI is InChI=1S/C26H19ClF5N3O4S/c1-11-22(36)17-9-13(26(30,31)32)8-16(24(17)39-23(11)15-5-4-14(28)10-18(15)29)12(2)33-19-6-7-20(27)34-21(19)25(37)35-40(3)38/h4-10,12,33H,1-3H3,(H,35,37). The molecular formula is C26H19ClF5N3O4S. The van der Waals surface area contributed by atoms with Crippen LogP contribution in [0.3, 0.4) is 0 Å². The van der Waals surface area contributed by atoms with Crippen LogP contribution in [0.4, 0.5) is 27.6 Å². The molecule has 1 amide bonds. The fourth-order valence-electron chi connectivity index (χ4n) is 4.05. The fourth-order valence-corrected chi connectivity index (χ4v) is 4.55. The number of aromatic nitrogens is 1. The Hall–Kier alpha value is -3.84. The lowest BCUT2D eigenvalue weighted by molar-refractivity contribution is -0.137. The molecule has 0 radical (unpaired) electrons. The van der Waals surface area contributed by atoms with Crippen molar-refractivity contribution in [1.29, 1.82) is 0 Å². The predicted molar refractivity (Wildman–Crippen MR) is 140 cm³/mol. The average molecular weight is 600 g/mol.